The molecule has 1 atom stereocenters. The maximum Gasteiger partial charge on any atom is 0.306 e. The van der Waals surface area contributed by atoms with Crippen molar-refractivity contribution in [3.63, 3.8) is 0 Å². The van der Waals surface area contributed by atoms with Crippen LogP contribution >= 0.6 is 0 Å². The van der Waals surface area contributed by atoms with E-state index in [9.17, 15) is 9.59 Å². The van der Waals surface area contributed by atoms with Gasteiger partial charge in [-0.1, -0.05) is 281 Å². The summed E-state index contributed by atoms with van der Waals surface area (Å²) in [7, 11) is 0. The van der Waals surface area contributed by atoms with E-state index in [1.807, 2.05) is 0 Å². The van der Waals surface area contributed by atoms with Crippen LogP contribution in [0.2, 0.25) is 0 Å². The highest BCUT2D eigenvalue weighted by Gasteiger charge is 2.17. The number of hydrogen-bond donors (Lipinski definition) is 0. The van der Waals surface area contributed by atoms with Crippen molar-refractivity contribution in [1.29, 1.82) is 0 Å². The molecule has 0 amide bonds. The standard InChI is InChI=1S/C65H120O5/c1-4-7-10-13-16-19-22-25-28-30-32-34-36-39-42-45-48-51-54-57-60-68-61-63(70-65(67)59-56-53-50-47-44-41-37-27-24-21-18-15-12-9-6-3)62-69-64(66)58-55-52-49-46-43-40-38-35-33-31-29-26-23-20-17-14-11-8-5-2/h16,18-19,21,25,27-28,37,63H,4-15,17,20,22-24,26,29-36,38-62H2,1-3H3/b19-16-,21-18-,28-25-,37-27-. The normalized spacial score (nSPS) is 12.4. The van der Waals surface area contributed by atoms with Crippen LogP contribution in [0.3, 0.4) is 0 Å². The molecule has 0 saturated heterocycles. The van der Waals surface area contributed by atoms with Crippen molar-refractivity contribution in [3.8, 4) is 0 Å². The van der Waals surface area contributed by atoms with E-state index in [4.69, 9.17) is 14.2 Å². The van der Waals surface area contributed by atoms with Gasteiger partial charge in [0, 0.05) is 19.4 Å². The van der Waals surface area contributed by atoms with E-state index in [1.54, 1.807) is 0 Å². The van der Waals surface area contributed by atoms with Gasteiger partial charge in [-0.2, -0.15) is 0 Å². The molecular weight excluding hydrogens is 861 g/mol. The maximum absolute atomic E-state index is 12.9. The molecule has 0 radical (unpaired) electrons. The first kappa shape index (κ1) is 67.9. The molecule has 0 aromatic rings. The first-order chi connectivity index (χ1) is 34.6. The largest absolute Gasteiger partial charge is 0.462 e. The second-order valence-electron chi connectivity index (χ2n) is 21.0. The molecule has 70 heavy (non-hydrogen) atoms. The van der Waals surface area contributed by atoms with Crippen molar-refractivity contribution in [2.45, 2.75) is 335 Å². The minimum absolute atomic E-state index is 0.0828. The number of esters is 2. The van der Waals surface area contributed by atoms with Crippen LogP contribution in [0, 0.1) is 0 Å². The smallest absolute Gasteiger partial charge is 0.306 e. The number of carbonyl (C=O) groups excluding carboxylic acids is 2. The highest BCUT2D eigenvalue weighted by Crippen LogP contribution is 2.17. The summed E-state index contributed by atoms with van der Waals surface area (Å²) in [5, 5.41) is 0. The lowest BCUT2D eigenvalue weighted by Crippen LogP contribution is -2.30. The first-order valence-electron chi connectivity index (χ1n) is 31.2. The molecule has 5 heteroatoms. The van der Waals surface area contributed by atoms with Gasteiger partial charge in [-0.15, -0.1) is 0 Å². The molecular formula is C65H120O5. The zero-order valence-electron chi connectivity index (χ0n) is 47.3. The summed E-state index contributed by atoms with van der Waals surface area (Å²) in [6.07, 6.45) is 77.1. The Hall–Kier alpha value is -2.14. The van der Waals surface area contributed by atoms with Crippen LogP contribution in [0.25, 0.3) is 0 Å². The molecule has 0 spiro atoms. The SMILES string of the molecule is CCCCC/C=C\C/C=C\CCCCCCCCCCCCOCC(COC(=O)CCCCCCCCCCCCCCCCCCCCC)OC(=O)CCCCCCC/C=C\C/C=C\CCCCC. The Kier molecular flexibility index (Phi) is 59.3. The Bertz CT molecular complexity index is 1150. The van der Waals surface area contributed by atoms with E-state index < -0.39 is 6.10 Å². The molecule has 410 valence electrons. The summed E-state index contributed by atoms with van der Waals surface area (Å²) < 4.78 is 17.5. The average Bonchev–Trinajstić information content (AvgIpc) is 3.36. The summed E-state index contributed by atoms with van der Waals surface area (Å²) in [5.41, 5.74) is 0. The predicted molar refractivity (Wildman–Crippen MR) is 307 cm³/mol. The van der Waals surface area contributed by atoms with E-state index in [0.717, 1.165) is 64.2 Å². The van der Waals surface area contributed by atoms with Crippen LogP contribution in [0.15, 0.2) is 48.6 Å². The molecule has 0 saturated carbocycles. The monoisotopic (exact) mass is 981 g/mol. The van der Waals surface area contributed by atoms with Gasteiger partial charge >= 0.3 is 11.9 Å². The highest BCUT2D eigenvalue weighted by atomic mass is 16.6. The maximum atomic E-state index is 12.9. The number of allylic oxidation sites excluding steroid dienone is 8. The van der Waals surface area contributed by atoms with Gasteiger partial charge in [-0.3, -0.25) is 9.59 Å². The van der Waals surface area contributed by atoms with Gasteiger partial charge in [0.1, 0.15) is 6.61 Å². The van der Waals surface area contributed by atoms with Crippen molar-refractivity contribution >= 4 is 11.9 Å². The minimum atomic E-state index is -0.544. The molecule has 0 aliphatic heterocycles. The Balaban J connectivity index is 4.24. The summed E-state index contributed by atoms with van der Waals surface area (Å²) in [5.74, 6) is -0.395. The summed E-state index contributed by atoms with van der Waals surface area (Å²) >= 11 is 0. The van der Waals surface area contributed by atoms with Gasteiger partial charge in [-0.25, -0.2) is 0 Å². The van der Waals surface area contributed by atoms with Crippen LogP contribution in [-0.4, -0.2) is 37.9 Å². The predicted octanol–water partition coefficient (Wildman–Crippen LogP) is 21.5. The van der Waals surface area contributed by atoms with Gasteiger partial charge in [0.15, 0.2) is 6.10 Å². The average molecular weight is 982 g/mol. The molecule has 0 rings (SSSR count). The number of ether oxygens (including phenoxy) is 3. The Morgan fingerprint density at radius 1 is 0.314 bits per heavy atom. The second kappa shape index (κ2) is 61.2. The van der Waals surface area contributed by atoms with Crippen molar-refractivity contribution < 1.29 is 23.8 Å². The topological polar surface area (TPSA) is 61.8 Å². The Labute approximate surface area is 437 Å². The van der Waals surface area contributed by atoms with Crippen LogP contribution in [0.4, 0.5) is 0 Å². The molecule has 0 N–H and O–H groups in total. The molecule has 0 aromatic carbocycles. The lowest BCUT2D eigenvalue weighted by Gasteiger charge is -2.18. The first-order valence-corrected chi connectivity index (χ1v) is 31.2. The molecule has 0 heterocycles. The van der Waals surface area contributed by atoms with Gasteiger partial charge in [0.05, 0.1) is 6.61 Å². The van der Waals surface area contributed by atoms with Crippen LogP contribution < -0.4 is 0 Å². The number of carbonyl (C=O) groups is 2. The zero-order valence-corrected chi connectivity index (χ0v) is 47.3. The van der Waals surface area contributed by atoms with Crippen LogP contribution in [0.5, 0.6) is 0 Å². The zero-order chi connectivity index (χ0) is 50.6. The number of unbranched alkanes of at least 4 members (excludes halogenated alkanes) is 39. The van der Waals surface area contributed by atoms with Gasteiger partial charge in [0.25, 0.3) is 0 Å². The van der Waals surface area contributed by atoms with Crippen LogP contribution in [-0.2, 0) is 23.8 Å². The van der Waals surface area contributed by atoms with Crippen molar-refractivity contribution in [2.24, 2.45) is 0 Å². The van der Waals surface area contributed by atoms with Crippen LogP contribution in [0.1, 0.15) is 329 Å². The third kappa shape index (κ3) is 58.4. The molecule has 0 fully saturated rings. The summed E-state index contributed by atoms with van der Waals surface area (Å²) in [6.45, 7) is 7.82. The van der Waals surface area contributed by atoms with E-state index in [1.165, 1.54) is 231 Å². The third-order valence-corrected chi connectivity index (χ3v) is 13.8. The van der Waals surface area contributed by atoms with E-state index in [2.05, 4.69) is 69.4 Å². The molecule has 5 nitrogen and oxygen atoms in total. The highest BCUT2D eigenvalue weighted by molar-refractivity contribution is 5.70. The lowest BCUT2D eigenvalue weighted by molar-refractivity contribution is -0.163. The van der Waals surface area contributed by atoms with Gasteiger partial charge in [0.2, 0.25) is 0 Å². The van der Waals surface area contributed by atoms with Crippen molar-refractivity contribution in [3.05, 3.63) is 48.6 Å². The quantitative estimate of drug-likeness (QED) is 0.0345. The van der Waals surface area contributed by atoms with Gasteiger partial charge < -0.3 is 14.2 Å². The van der Waals surface area contributed by atoms with Crippen molar-refractivity contribution in [2.75, 3.05) is 19.8 Å². The number of hydrogen-bond acceptors (Lipinski definition) is 5. The molecule has 1 unspecified atom stereocenters. The minimum Gasteiger partial charge on any atom is -0.462 e. The Morgan fingerprint density at radius 2 is 0.600 bits per heavy atom. The summed E-state index contributed by atoms with van der Waals surface area (Å²) in [4.78, 5) is 25.6. The van der Waals surface area contributed by atoms with E-state index in [0.29, 0.717) is 19.4 Å². The van der Waals surface area contributed by atoms with Gasteiger partial charge in [-0.05, 0) is 83.5 Å². The molecule has 0 aromatic heterocycles. The lowest BCUT2D eigenvalue weighted by atomic mass is 10.0. The molecule has 0 aliphatic carbocycles. The second-order valence-corrected chi connectivity index (χ2v) is 21.0. The molecule has 0 aliphatic rings. The fourth-order valence-electron chi connectivity index (χ4n) is 9.16. The number of rotatable bonds is 58. The summed E-state index contributed by atoms with van der Waals surface area (Å²) in [6, 6.07) is 0. The van der Waals surface area contributed by atoms with E-state index >= 15 is 0 Å². The fraction of sp³-hybridized carbons (Fsp3) is 0.846. The van der Waals surface area contributed by atoms with Crippen molar-refractivity contribution in [1.82, 2.24) is 0 Å². The molecule has 0 bridgehead atoms. The third-order valence-electron chi connectivity index (χ3n) is 13.8. The van der Waals surface area contributed by atoms with E-state index in [-0.39, 0.29) is 25.2 Å². The Morgan fingerprint density at radius 3 is 0.971 bits per heavy atom. The fourth-order valence-corrected chi connectivity index (χ4v) is 9.16.